The van der Waals surface area contributed by atoms with Crippen LogP contribution in [0.2, 0.25) is 0 Å². The maximum Gasteiger partial charge on any atom is 0.320 e. The number of halogens is 1. The highest BCUT2D eigenvalue weighted by Crippen LogP contribution is 2.04. The number of aliphatic carboxylic acids is 1. The standard InChI is InChI=1S/C7H12O4.ClH/c1-3-5(6(8)9)7(10)11-4-2;/h5H,3-4H2,1-2H3,(H,8,9);1H/p-1. The first kappa shape index (κ1) is 13.8. The molecule has 0 aliphatic heterocycles. The number of carboxylic acid groups (broad SMARTS) is 1. The van der Waals surface area contributed by atoms with Gasteiger partial charge in [-0.3, -0.25) is 9.59 Å². The minimum atomic E-state index is -1.12. The van der Waals surface area contributed by atoms with E-state index < -0.39 is 17.9 Å². The molecule has 12 heavy (non-hydrogen) atoms. The van der Waals surface area contributed by atoms with Crippen LogP contribution in [0.5, 0.6) is 0 Å². The predicted octanol–water partition coefficient (Wildman–Crippen LogP) is -2.34. The molecule has 4 nitrogen and oxygen atoms in total. The summed E-state index contributed by atoms with van der Waals surface area (Å²) < 4.78 is 4.54. The maximum absolute atomic E-state index is 10.8. The summed E-state index contributed by atoms with van der Waals surface area (Å²) in [6, 6.07) is 0. The van der Waals surface area contributed by atoms with Crippen molar-refractivity contribution in [3.8, 4) is 0 Å². The maximum atomic E-state index is 10.8. The molecule has 0 aromatic rings. The fraction of sp³-hybridized carbons (Fsp3) is 0.714. The van der Waals surface area contributed by atoms with Gasteiger partial charge in [0.05, 0.1) is 6.61 Å². The Hall–Kier alpha value is -0.770. The molecule has 0 spiro atoms. The zero-order chi connectivity index (χ0) is 8.85. The molecule has 0 saturated carbocycles. The Morgan fingerprint density at radius 3 is 2.17 bits per heavy atom. The van der Waals surface area contributed by atoms with Gasteiger partial charge in [-0.1, -0.05) is 6.92 Å². The van der Waals surface area contributed by atoms with Crippen molar-refractivity contribution in [1.82, 2.24) is 0 Å². The van der Waals surface area contributed by atoms with Crippen LogP contribution in [0.1, 0.15) is 20.3 Å². The highest BCUT2D eigenvalue weighted by atomic mass is 35.5. The van der Waals surface area contributed by atoms with Crippen molar-refractivity contribution in [3.05, 3.63) is 0 Å². The van der Waals surface area contributed by atoms with E-state index in [1.807, 2.05) is 0 Å². The number of esters is 1. The minimum absolute atomic E-state index is 0. The van der Waals surface area contributed by atoms with E-state index in [9.17, 15) is 9.59 Å². The van der Waals surface area contributed by atoms with Gasteiger partial charge < -0.3 is 22.3 Å². The SMILES string of the molecule is CCOC(=O)C(CC)C(=O)O.[Cl-]. The first-order valence-electron chi connectivity index (χ1n) is 3.52. The van der Waals surface area contributed by atoms with Gasteiger partial charge in [0.1, 0.15) is 0 Å². The average molecular weight is 196 g/mol. The van der Waals surface area contributed by atoms with Gasteiger partial charge >= 0.3 is 11.9 Å². The summed E-state index contributed by atoms with van der Waals surface area (Å²) >= 11 is 0. The van der Waals surface area contributed by atoms with Crippen molar-refractivity contribution < 1.29 is 31.8 Å². The molecule has 0 saturated heterocycles. The van der Waals surface area contributed by atoms with Crippen LogP contribution in [-0.4, -0.2) is 23.7 Å². The minimum Gasteiger partial charge on any atom is -1.00 e. The van der Waals surface area contributed by atoms with E-state index in [-0.39, 0.29) is 25.4 Å². The molecule has 0 aromatic heterocycles. The van der Waals surface area contributed by atoms with Crippen molar-refractivity contribution in [2.45, 2.75) is 20.3 Å². The quantitative estimate of drug-likeness (QED) is 0.404. The lowest BCUT2D eigenvalue weighted by Gasteiger charge is -2.07. The highest BCUT2D eigenvalue weighted by Gasteiger charge is 2.24. The number of carboxylic acids is 1. The summed E-state index contributed by atoms with van der Waals surface area (Å²) in [5, 5.41) is 8.47. The first-order chi connectivity index (χ1) is 5.13. The smallest absolute Gasteiger partial charge is 0.320 e. The second-order valence-electron chi connectivity index (χ2n) is 2.05. The van der Waals surface area contributed by atoms with Gasteiger partial charge in [0.15, 0.2) is 5.92 Å². The fourth-order valence-corrected chi connectivity index (χ4v) is 0.685. The molecule has 1 unspecified atom stereocenters. The number of rotatable bonds is 4. The Morgan fingerprint density at radius 2 is 1.92 bits per heavy atom. The molecule has 0 rings (SSSR count). The van der Waals surface area contributed by atoms with Crippen molar-refractivity contribution in [1.29, 1.82) is 0 Å². The number of carbonyl (C=O) groups is 2. The lowest BCUT2D eigenvalue weighted by atomic mass is 10.1. The lowest BCUT2D eigenvalue weighted by Crippen LogP contribution is -3.00. The van der Waals surface area contributed by atoms with Crippen molar-refractivity contribution in [3.63, 3.8) is 0 Å². The van der Waals surface area contributed by atoms with Gasteiger partial charge in [0.25, 0.3) is 0 Å². The van der Waals surface area contributed by atoms with Crippen LogP contribution in [0.3, 0.4) is 0 Å². The van der Waals surface area contributed by atoms with Crippen molar-refractivity contribution >= 4 is 11.9 Å². The molecule has 0 bridgehead atoms. The van der Waals surface area contributed by atoms with Gasteiger partial charge in [0.2, 0.25) is 0 Å². The summed E-state index contributed by atoms with van der Waals surface area (Å²) in [6.45, 7) is 3.50. The zero-order valence-corrected chi connectivity index (χ0v) is 7.80. The number of ether oxygens (including phenoxy) is 1. The van der Waals surface area contributed by atoms with Crippen molar-refractivity contribution in [2.24, 2.45) is 5.92 Å². The number of carbonyl (C=O) groups excluding carboxylic acids is 1. The fourth-order valence-electron chi connectivity index (χ4n) is 0.685. The Bertz CT molecular complexity index is 157. The molecular weight excluding hydrogens is 184 g/mol. The van der Waals surface area contributed by atoms with E-state index in [0.717, 1.165) is 0 Å². The van der Waals surface area contributed by atoms with Crippen LogP contribution < -0.4 is 12.4 Å². The van der Waals surface area contributed by atoms with Crippen LogP contribution in [-0.2, 0) is 14.3 Å². The molecule has 0 heterocycles. The van der Waals surface area contributed by atoms with Crippen LogP contribution in [0, 0.1) is 5.92 Å². The largest absolute Gasteiger partial charge is 1.00 e. The molecule has 72 valence electrons. The van der Waals surface area contributed by atoms with Gasteiger partial charge in [-0.15, -0.1) is 0 Å². The monoisotopic (exact) mass is 195 g/mol. The third kappa shape index (κ3) is 4.18. The van der Waals surface area contributed by atoms with E-state index in [4.69, 9.17) is 5.11 Å². The van der Waals surface area contributed by atoms with Crippen LogP contribution in [0.4, 0.5) is 0 Å². The Kier molecular flexibility index (Phi) is 7.94. The molecule has 1 N–H and O–H groups in total. The van der Waals surface area contributed by atoms with Gasteiger partial charge in [0, 0.05) is 0 Å². The third-order valence-electron chi connectivity index (χ3n) is 1.28. The van der Waals surface area contributed by atoms with Crippen molar-refractivity contribution in [2.75, 3.05) is 6.61 Å². The summed E-state index contributed by atoms with van der Waals surface area (Å²) in [6.07, 6.45) is 0.272. The molecule has 0 aliphatic rings. The predicted molar refractivity (Wildman–Crippen MR) is 38.0 cm³/mol. The van der Waals surface area contributed by atoms with Gasteiger partial charge in [-0.25, -0.2) is 0 Å². The summed E-state index contributed by atoms with van der Waals surface area (Å²) in [4.78, 5) is 21.2. The molecule has 0 fully saturated rings. The average Bonchev–Trinajstić information content (AvgIpc) is 1.88. The summed E-state index contributed by atoms with van der Waals surface area (Å²) in [5.74, 6) is -2.77. The molecule has 5 heteroatoms. The lowest BCUT2D eigenvalue weighted by molar-refractivity contribution is -0.158. The number of hydrogen-bond acceptors (Lipinski definition) is 3. The highest BCUT2D eigenvalue weighted by molar-refractivity contribution is 5.93. The molecule has 0 aromatic carbocycles. The third-order valence-corrected chi connectivity index (χ3v) is 1.28. The molecule has 0 radical (unpaired) electrons. The Morgan fingerprint density at radius 1 is 1.42 bits per heavy atom. The zero-order valence-electron chi connectivity index (χ0n) is 7.04. The van der Waals surface area contributed by atoms with Gasteiger partial charge in [-0.2, -0.15) is 0 Å². The summed E-state index contributed by atoms with van der Waals surface area (Å²) in [5.41, 5.74) is 0. The van der Waals surface area contributed by atoms with Crippen LogP contribution in [0.25, 0.3) is 0 Å². The van der Waals surface area contributed by atoms with Crippen LogP contribution in [0.15, 0.2) is 0 Å². The molecular formula is C7H12ClO4-. The Balaban J connectivity index is 0. The van der Waals surface area contributed by atoms with Gasteiger partial charge in [-0.05, 0) is 13.3 Å². The van der Waals surface area contributed by atoms with E-state index in [1.165, 1.54) is 0 Å². The number of hydrogen-bond donors (Lipinski definition) is 1. The second-order valence-corrected chi connectivity index (χ2v) is 2.05. The van der Waals surface area contributed by atoms with E-state index in [2.05, 4.69) is 4.74 Å². The van der Waals surface area contributed by atoms with E-state index in [1.54, 1.807) is 13.8 Å². The van der Waals surface area contributed by atoms with E-state index in [0.29, 0.717) is 0 Å². The molecule has 1 atom stereocenters. The van der Waals surface area contributed by atoms with E-state index >= 15 is 0 Å². The first-order valence-corrected chi connectivity index (χ1v) is 3.52. The molecule has 0 aliphatic carbocycles. The topological polar surface area (TPSA) is 63.6 Å². The second kappa shape index (κ2) is 6.91. The van der Waals surface area contributed by atoms with Crippen LogP contribution >= 0.6 is 0 Å². The normalized spacial score (nSPS) is 11.2. The summed E-state index contributed by atoms with van der Waals surface area (Å²) in [7, 11) is 0. The Labute approximate surface area is 77.3 Å². The molecule has 0 amide bonds.